The summed E-state index contributed by atoms with van der Waals surface area (Å²) in [4.78, 5) is 25.4. The zero-order chi connectivity index (χ0) is 15.0. The topological polar surface area (TPSA) is 91.0 Å². The number of Topliss-reactive ketones (excluding diaryl/α,β-unsaturated/α-hetero) is 1. The van der Waals surface area contributed by atoms with Gasteiger partial charge in [0.1, 0.15) is 16.9 Å². The second-order valence-electron chi connectivity index (χ2n) is 4.42. The van der Waals surface area contributed by atoms with Gasteiger partial charge in [-0.2, -0.15) is 0 Å². The van der Waals surface area contributed by atoms with Gasteiger partial charge in [0.15, 0.2) is 5.78 Å². The van der Waals surface area contributed by atoms with Crippen LogP contribution in [0.4, 0.5) is 5.69 Å². The Labute approximate surface area is 124 Å². The zero-order valence-corrected chi connectivity index (χ0v) is 12.3. The summed E-state index contributed by atoms with van der Waals surface area (Å²) in [7, 11) is 1.57. The fraction of sp³-hybridized carbons (Fsp3) is 0.143. The predicted octanol–water partition coefficient (Wildman–Crippen LogP) is 2.55. The van der Waals surface area contributed by atoms with Gasteiger partial charge in [-0.15, -0.1) is 11.3 Å². The van der Waals surface area contributed by atoms with Crippen LogP contribution in [0, 0.1) is 0 Å². The van der Waals surface area contributed by atoms with E-state index in [2.05, 4.69) is 15.0 Å². The minimum Gasteiger partial charge on any atom is -0.495 e. The quantitative estimate of drug-likeness (QED) is 0.747. The Morgan fingerprint density at radius 2 is 2.14 bits per heavy atom. The molecule has 0 fully saturated rings. The van der Waals surface area contributed by atoms with Crippen molar-refractivity contribution in [2.75, 3.05) is 12.8 Å². The molecular weight excluding hydrogens is 288 g/mol. The Morgan fingerprint density at radius 3 is 2.86 bits per heavy atom. The number of anilines is 1. The number of ether oxygens (including phenoxy) is 1. The fourth-order valence-corrected chi connectivity index (χ4v) is 3.05. The van der Waals surface area contributed by atoms with Gasteiger partial charge in [-0.3, -0.25) is 9.78 Å². The number of methoxy groups -OCH3 is 1. The summed E-state index contributed by atoms with van der Waals surface area (Å²) in [5.41, 5.74) is 7.94. The molecular formula is C14H12N4O2S. The minimum absolute atomic E-state index is 0.0785. The number of thiophene rings is 1. The van der Waals surface area contributed by atoms with Crippen LogP contribution in [0.3, 0.4) is 0 Å². The van der Waals surface area contributed by atoms with Crippen LogP contribution in [0.5, 0.6) is 5.75 Å². The van der Waals surface area contributed by atoms with Crippen molar-refractivity contribution in [3.8, 4) is 17.0 Å². The second kappa shape index (κ2) is 5.10. The zero-order valence-electron chi connectivity index (χ0n) is 11.5. The highest BCUT2D eigenvalue weighted by atomic mass is 32.1. The van der Waals surface area contributed by atoms with E-state index in [4.69, 9.17) is 10.5 Å². The molecule has 7 heteroatoms. The van der Waals surface area contributed by atoms with Gasteiger partial charge in [0, 0.05) is 18.7 Å². The van der Waals surface area contributed by atoms with Crippen molar-refractivity contribution in [1.29, 1.82) is 0 Å². The minimum atomic E-state index is -0.0785. The molecule has 0 bridgehead atoms. The smallest absolute Gasteiger partial charge is 0.171 e. The monoisotopic (exact) mass is 300 g/mol. The highest BCUT2D eigenvalue weighted by Crippen LogP contribution is 2.38. The maximum Gasteiger partial charge on any atom is 0.171 e. The van der Waals surface area contributed by atoms with Crippen molar-refractivity contribution in [3.05, 3.63) is 29.7 Å². The first-order valence-corrected chi connectivity index (χ1v) is 6.96. The number of carbonyl (C=O) groups excluding carboxylic acids is 1. The van der Waals surface area contributed by atoms with Crippen molar-refractivity contribution in [2.24, 2.45) is 0 Å². The summed E-state index contributed by atoms with van der Waals surface area (Å²) in [5.74, 6) is 0.546. The summed E-state index contributed by atoms with van der Waals surface area (Å²) in [6, 6.07) is 1.82. The summed E-state index contributed by atoms with van der Waals surface area (Å²) < 4.78 is 5.17. The fourth-order valence-electron chi connectivity index (χ4n) is 2.10. The van der Waals surface area contributed by atoms with Crippen LogP contribution < -0.4 is 10.5 Å². The standard InChI is InChI=1S/C14H12N4O2S/c1-7(19)13-11(15)10-12(17-6-18-14(10)21-13)8-3-9(20-2)5-16-4-8/h3-6H,15H2,1-2H3. The summed E-state index contributed by atoms with van der Waals surface area (Å²) in [5, 5.41) is 0.683. The molecule has 0 aliphatic carbocycles. The lowest BCUT2D eigenvalue weighted by Gasteiger charge is -2.05. The first kappa shape index (κ1) is 13.4. The molecule has 0 aliphatic rings. The predicted molar refractivity (Wildman–Crippen MR) is 81.6 cm³/mol. The number of hydrogen-bond donors (Lipinski definition) is 1. The van der Waals surface area contributed by atoms with Gasteiger partial charge in [0.25, 0.3) is 0 Å². The lowest BCUT2D eigenvalue weighted by molar-refractivity contribution is 0.102. The molecule has 2 N–H and O–H groups in total. The molecule has 106 valence electrons. The van der Waals surface area contributed by atoms with E-state index in [1.165, 1.54) is 24.6 Å². The molecule has 0 radical (unpaired) electrons. The third-order valence-electron chi connectivity index (χ3n) is 3.07. The molecule has 0 saturated heterocycles. The first-order valence-electron chi connectivity index (χ1n) is 6.15. The number of rotatable bonds is 3. The summed E-state index contributed by atoms with van der Waals surface area (Å²) in [6.45, 7) is 1.49. The molecule has 6 nitrogen and oxygen atoms in total. The van der Waals surface area contributed by atoms with Crippen LogP contribution in [0.15, 0.2) is 24.8 Å². The number of nitrogen functional groups attached to an aromatic ring is 1. The van der Waals surface area contributed by atoms with E-state index in [1.807, 2.05) is 6.07 Å². The van der Waals surface area contributed by atoms with Crippen LogP contribution in [-0.4, -0.2) is 27.8 Å². The molecule has 0 saturated carbocycles. The number of hydrogen-bond acceptors (Lipinski definition) is 7. The van der Waals surface area contributed by atoms with Gasteiger partial charge >= 0.3 is 0 Å². The lowest BCUT2D eigenvalue weighted by Crippen LogP contribution is -1.96. The Hall–Kier alpha value is -2.54. The number of pyridine rings is 1. The van der Waals surface area contributed by atoms with Gasteiger partial charge in [0.2, 0.25) is 0 Å². The van der Waals surface area contributed by atoms with Crippen molar-refractivity contribution in [3.63, 3.8) is 0 Å². The second-order valence-corrected chi connectivity index (χ2v) is 5.42. The maximum absolute atomic E-state index is 11.6. The molecule has 3 aromatic heterocycles. The maximum atomic E-state index is 11.6. The molecule has 21 heavy (non-hydrogen) atoms. The number of nitrogens with two attached hydrogens (primary N) is 1. The number of ketones is 1. The molecule has 0 aliphatic heterocycles. The van der Waals surface area contributed by atoms with Gasteiger partial charge in [-0.05, 0) is 6.07 Å². The van der Waals surface area contributed by atoms with Crippen molar-refractivity contribution < 1.29 is 9.53 Å². The molecule has 3 rings (SSSR count). The van der Waals surface area contributed by atoms with E-state index < -0.39 is 0 Å². The Kier molecular flexibility index (Phi) is 3.26. The third kappa shape index (κ3) is 2.21. The molecule has 3 aromatic rings. The normalized spacial score (nSPS) is 10.8. The first-order chi connectivity index (χ1) is 10.1. The van der Waals surface area contributed by atoms with Gasteiger partial charge < -0.3 is 10.5 Å². The molecule has 0 spiro atoms. The van der Waals surface area contributed by atoms with Gasteiger partial charge in [-0.1, -0.05) is 0 Å². The highest BCUT2D eigenvalue weighted by molar-refractivity contribution is 7.21. The third-order valence-corrected chi connectivity index (χ3v) is 4.28. The molecule has 0 amide bonds. The average molecular weight is 300 g/mol. The molecule has 0 unspecified atom stereocenters. The van der Waals surface area contributed by atoms with Crippen LogP contribution >= 0.6 is 11.3 Å². The van der Waals surface area contributed by atoms with Crippen molar-refractivity contribution in [2.45, 2.75) is 6.92 Å². The average Bonchev–Trinajstić information content (AvgIpc) is 2.85. The highest BCUT2D eigenvalue weighted by Gasteiger charge is 2.18. The number of carbonyl (C=O) groups is 1. The number of fused-ring (bicyclic) bond motifs is 1. The van der Waals surface area contributed by atoms with E-state index in [-0.39, 0.29) is 5.78 Å². The van der Waals surface area contributed by atoms with Crippen LogP contribution in [0.2, 0.25) is 0 Å². The van der Waals surface area contributed by atoms with Crippen molar-refractivity contribution in [1.82, 2.24) is 15.0 Å². The molecule has 3 heterocycles. The van der Waals surface area contributed by atoms with Crippen LogP contribution in [-0.2, 0) is 0 Å². The van der Waals surface area contributed by atoms with Crippen molar-refractivity contribution >= 4 is 33.0 Å². The van der Waals surface area contributed by atoms with E-state index in [9.17, 15) is 4.79 Å². The van der Waals surface area contributed by atoms with E-state index >= 15 is 0 Å². The van der Waals surface area contributed by atoms with E-state index in [0.717, 1.165) is 5.56 Å². The van der Waals surface area contributed by atoms with Gasteiger partial charge in [-0.25, -0.2) is 9.97 Å². The summed E-state index contributed by atoms with van der Waals surface area (Å²) in [6.07, 6.45) is 4.74. The largest absolute Gasteiger partial charge is 0.495 e. The van der Waals surface area contributed by atoms with Crippen LogP contribution in [0.1, 0.15) is 16.6 Å². The lowest BCUT2D eigenvalue weighted by atomic mass is 10.1. The Balaban J connectivity index is 2.29. The van der Waals surface area contributed by atoms with Crippen LogP contribution in [0.25, 0.3) is 21.5 Å². The van der Waals surface area contributed by atoms with E-state index in [1.54, 1.807) is 19.5 Å². The Morgan fingerprint density at radius 1 is 1.33 bits per heavy atom. The van der Waals surface area contributed by atoms with E-state index in [0.29, 0.717) is 32.2 Å². The molecule has 0 atom stereocenters. The number of nitrogens with zero attached hydrogens (tertiary/aromatic N) is 3. The number of aromatic nitrogens is 3. The molecule has 0 aromatic carbocycles. The van der Waals surface area contributed by atoms with Gasteiger partial charge in [0.05, 0.1) is 35.0 Å². The SMILES string of the molecule is COc1cncc(-c2ncnc3sc(C(C)=O)c(N)c23)c1. The summed E-state index contributed by atoms with van der Waals surface area (Å²) >= 11 is 1.27. The Bertz CT molecular complexity index is 844.